The van der Waals surface area contributed by atoms with Crippen molar-refractivity contribution in [2.24, 2.45) is 0 Å². The number of carbonyl (C=O) groups is 1. The summed E-state index contributed by atoms with van der Waals surface area (Å²) < 4.78 is 200. The van der Waals surface area contributed by atoms with Crippen molar-refractivity contribution in [2.45, 2.75) is 49.8 Å². The zero-order valence-electron chi connectivity index (χ0n) is 18.7. The van der Waals surface area contributed by atoms with Crippen molar-refractivity contribution in [2.75, 3.05) is 13.2 Å². The molecule has 0 amide bonds. The molecule has 0 saturated carbocycles. The third kappa shape index (κ3) is 8.23. The van der Waals surface area contributed by atoms with Crippen LogP contribution in [0.2, 0.25) is 0 Å². The second-order valence-corrected chi connectivity index (χ2v) is 7.03. The highest BCUT2D eigenvalue weighted by Crippen LogP contribution is 2.52. The third-order valence-electron chi connectivity index (χ3n) is 3.86. The Morgan fingerprint density at radius 3 is 1.82 bits per heavy atom. The number of carbonyl (C=O) groups excluding carboxylic acids is 1. The van der Waals surface area contributed by atoms with Crippen LogP contribution in [0.1, 0.15) is 6.92 Å². The van der Waals surface area contributed by atoms with Gasteiger partial charge in [-0.3, -0.25) is 4.74 Å². The SMILES string of the molecule is C=C(C)C(=O)OCCOc1ccccc1OC(F)(F)C(F)OC(F)(OC(F)(F)C(F)(F)C(F)(F)F)C(F)(F)F. The van der Waals surface area contributed by atoms with Gasteiger partial charge < -0.3 is 14.2 Å². The Hall–Kier alpha value is -3.03. The summed E-state index contributed by atoms with van der Waals surface area (Å²) in [7, 11) is 0. The van der Waals surface area contributed by atoms with Gasteiger partial charge in [0.15, 0.2) is 11.5 Å². The maximum absolute atomic E-state index is 14.1. The zero-order valence-corrected chi connectivity index (χ0v) is 18.7. The molecule has 0 N–H and O–H groups in total. The lowest BCUT2D eigenvalue weighted by Gasteiger charge is -2.35. The van der Waals surface area contributed by atoms with Gasteiger partial charge in [-0.25, -0.2) is 13.9 Å². The maximum atomic E-state index is 14.1. The number of hydrogen-bond acceptors (Lipinski definition) is 6. The molecule has 39 heavy (non-hydrogen) atoms. The molecule has 0 saturated heterocycles. The van der Waals surface area contributed by atoms with Crippen LogP contribution in [0.15, 0.2) is 36.4 Å². The molecule has 0 spiro atoms. The Morgan fingerprint density at radius 1 is 0.846 bits per heavy atom. The van der Waals surface area contributed by atoms with E-state index in [0.29, 0.717) is 6.07 Å². The minimum absolute atomic E-state index is 0.0426. The topological polar surface area (TPSA) is 63.2 Å². The predicted molar refractivity (Wildman–Crippen MR) is 96.2 cm³/mol. The lowest BCUT2D eigenvalue weighted by Crippen LogP contribution is -2.61. The number of halogens is 14. The van der Waals surface area contributed by atoms with E-state index in [-0.39, 0.29) is 5.57 Å². The van der Waals surface area contributed by atoms with Gasteiger partial charge in [0, 0.05) is 5.57 Å². The minimum atomic E-state index is -7.54. The highest BCUT2D eigenvalue weighted by molar-refractivity contribution is 5.86. The molecule has 0 bridgehead atoms. The first-order valence-electron chi connectivity index (χ1n) is 9.59. The van der Waals surface area contributed by atoms with Crippen LogP contribution in [-0.4, -0.2) is 62.1 Å². The minimum Gasteiger partial charge on any atom is -0.486 e. The van der Waals surface area contributed by atoms with Crippen LogP contribution in [0.5, 0.6) is 11.5 Å². The van der Waals surface area contributed by atoms with Gasteiger partial charge in [0.05, 0.1) is 0 Å². The second-order valence-electron chi connectivity index (χ2n) is 7.03. The summed E-state index contributed by atoms with van der Waals surface area (Å²) in [6, 6.07) is -3.64. The molecule has 1 aromatic rings. The molecule has 0 heterocycles. The molecule has 0 aromatic heterocycles. The molecule has 1 rings (SSSR count). The first kappa shape index (κ1) is 34.0. The fourth-order valence-electron chi connectivity index (χ4n) is 2.00. The Bertz CT molecular complexity index is 1010. The summed E-state index contributed by atoms with van der Waals surface area (Å²) in [5, 5.41) is 0. The monoisotopic (exact) mass is 604 g/mol. The molecule has 224 valence electrons. The van der Waals surface area contributed by atoms with E-state index in [2.05, 4.69) is 20.8 Å². The predicted octanol–water partition coefficient (Wildman–Crippen LogP) is 6.46. The van der Waals surface area contributed by atoms with E-state index >= 15 is 0 Å². The van der Waals surface area contributed by atoms with Crippen LogP contribution in [0, 0.1) is 0 Å². The second kappa shape index (κ2) is 11.6. The van der Waals surface area contributed by atoms with Gasteiger partial charge >= 0.3 is 48.9 Å². The van der Waals surface area contributed by atoms with Crippen LogP contribution in [0.4, 0.5) is 61.5 Å². The smallest absolute Gasteiger partial charge is 0.478 e. The van der Waals surface area contributed by atoms with E-state index in [0.717, 1.165) is 18.2 Å². The van der Waals surface area contributed by atoms with E-state index in [1.807, 2.05) is 0 Å². The summed E-state index contributed by atoms with van der Waals surface area (Å²) in [6.45, 7) is 3.38. The average Bonchev–Trinajstić information content (AvgIpc) is 2.75. The van der Waals surface area contributed by atoms with Crippen LogP contribution in [0.3, 0.4) is 0 Å². The number of benzene rings is 1. The number of rotatable bonds is 13. The quantitative estimate of drug-likeness (QED) is 0.0847. The van der Waals surface area contributed by atoms with Gasteiger partial charge in [0.2, 0.25) is 0 Å². The average molecular weight is 604 g/mol. The van der Waals surface area contributed by atoms with Crippen LogP contribution in [-0.2, 0) is 19.0 Å². The van der Waals surface area contributed by atoms with E-state index in [1.54, 1.807) is 4.74 Å². The van der Waals surface area contributed by atoms with Crippen molar-refractivity contribution in [3.8, 4) is 11.5 Å². The lowest BCUT2D eigenvalue weighted by molar-refractivity contribution is -0.549. The molecule has 2 unspecified atom stereocenters. The van der Waals surface area contributed by atoms with Gasteiger partial charge in [0.25, 0.3) is 0 Å². The standard InChI is InChI=1S/C19H14F14O6/c1-9(2)12(34)36-8-7-35-10-5-3-4-6-11(10)37-14(21,22)13(20)38-19(33,17(28,29)30)39-18(31,32)15(23,24)16(25,26)27/h3-6,13H,1,7-8H2,2H3. The van der Waals surface area contributed by atoms with Crippen LogP contribution >= 0.6 is 0 Å². The number of esters is 1. The Balaban J connectivity index is 3.13. The molecule has 0 aliphatic rings. The molecule has 0 aliphatic heterocycles. The van der Waals surface area contributed by atoms with Crippen LogP contribution in [0.25, 0.3) is 0 Å². The molecule has 0 fully saturated rings. The number of hydrogen-bond donors (Lipinski definition) is 0. The van der Waals surface area contributed by atoms with Crippen LogP contribution < -0.4 is 9.47 Å². The van der Waals surface area contributed by atoms with Crippen molar-refractivity contribution >= 4 is 5.97 Å². The molecular formula is C19H14F14O6. The molecule has 1 aromatic carbocycles. The molecule has 0 aliphatic carbocycles. The summed E-state index contributed by atoms with van der Waals surface area (Å²) in [4.78, 5) is 11.2. The van der Waals surface area contributed by atoms with Gasteiger partial charge in [-0.15, -0.1) is 0 Å². The summed E-state index contributed by atoms with van der Waals surface area (Å²) in [5.74, 6) is -10.4. The van der Waals surface area contributed by atoms with E-state index < -0.39 is 73.6 Å². The maximum Gasteiger partial charge on any atom is 0.478 e. The molecule has 0 radical (unpaired) electrons. The molecule has 20 heteroatoms. The highest BCUT2D eigenvalue weighted by Gasteiger charge is 2.79. The first-order chi connectivity index (χ1) is 17.4. The van der Waals surface area contributed by atoms with Crippen molar-refractivity contribution in [3.05, 3.63) is 36.4 Å². The fraction of sp³-hybridized carbons (Fsp3) is 0.526. The van der Waals surface area contributed by atoms with Crippen molar-refractivity contribution in [1.82, 2.24) is 0 Å². The summed E-state index contributed by atoms with van der Waals surface area (Å²) in [6.07, 6.45) is -33.0. The lowest BCUT2D eigenvalue weighted by atomic mass is 10.3. The van der Waals surface area contributed by atoms with E-state index in [1.165, 1.54) is 6.92 Å². The summed E-state index contributed by atoms with van der Waals surface area (Å²) >= 11 is 0. The Kier molecular flexibility index (Phi) is 10.1. The largest absolute Gasteiger partial charge is 0.486 e. The number of para-hydroxylation sites is 2. The Labute approximate surface area is 208 Å². The number of ether oxygens (including phenoxy) is 5. The van der Waals surface area contributed by atoms with Crippen molar-refractivity contribution in [1.29, 1.82) is 0 Å². The van der Waals surface area contributed by atoms with Gasteiger partial charge in [0.1, 0.15) is 13.2 Å². The fourth-order valence-corrected chi connectivity index (χ4v) is 2.00. The van der Waals surface area contributed by atoms with Gasteiger partial charge in [-0.05, 0) is 19.1 Å². The zero-order chi connectivity index (χ0) is 30.7. The third-order valence-corrected chi connectivity index (χ3v) is 3.86. The first-order valence-corrected chi connectivity index (χ1v) is 9.59. The number of alkyl halides is 14. The van der Waals surface area contributed by atoms with Gasteiger partial charge in [-0.1, -0.05) is 18.7 Å². The van der Waals surface area contributed by atoms with E-state index in [4.69, 9.17) is 4.74 Å². The molecule has 6 nitrogen and oxygen atoms in total. The highest BCUT2D eigenvalue weighted by atomic mass is 19.4. The summed E-state index contributed by atoms with van der Waals surface area (Å²) in [5.41, 5.74) is -0.0426. The van der Waals surface area contributed by atoms with Gasteiger partial charge in [-0.2, -0.15) is 57.1 Å². The molecular weight excluding hydrogens is 590 g/mol. The van der Waals surface area contributed by atoms with E-state index in [9.17, 15) is 66.3 Å². The van der Waals surface area contributed by atoms with Crippen molar-refractivity contribution in [3.63, 3.8) is 0 Å². The van der Waals surface area contributed by atoms with Crippen molar-refractivity contribution < 1.29 is 89.9 Å². The normalized spacial score (nSPS) is 15.8. The Morgan fingerprint density at radius 2 is 1.36 bits per heavy atom. The molecule has 2 atom stereocenters.